The monoisotopic (exact) mass is 134 g/mol. The Balaban J connectivity index is 2.88. The summed E-state index contributed by atoms with van der Waals surface area (Å²) in [5, 5.41) is 8.35. The molecular weight excluding hydrogens is 128 g/mol. The second-order valence-electron chi connectivity index (χ2n) is 1.74. The van der Waals surface area contributed by atoms with Crippen LogP contribution in [-0.2, 0) is 0 Å². The highest BCUT2D eigenvalue weighted by molar-refractivity contribution is 5.11. The molecule has 0 spiro atoms. The molecule has 50 valence electrons. The van der Waals surface area contributed by atoms with Crippen LogP contribution in [0.25, 0.3) is 0 Å². The van der Waals surface area contributed by atoms with Gasteiger partial charge in [0.15, 0.2) is 0 Å². The van der Waals surface area contributed by atoms with Crippen LogP contribution in [-0.4, -0.2) is 9.97 Å². The molecule has 0 aromatic carbocycles. The van der Waals surface area contributed by atoms with Gasteiger partial charge in [-0.15, -0.1) is 0 Å². The van der Waals surface area contributed by atoms with Gasteiger partial charge in [0, 0.05) is 6.20 Å². The molecule has 0 amide bonds. The maximum atomic E-state index is 8.35. The standard InChI is InChI=1S/C6H6N4/c7-3-5(8)6-1-2-9-4-10-6/h1-2,4-5H,8H2. The third-order valence-corrected chi connectivity index (χ3v) is 1.06. The number of aromatic nitrogens is 2. The zero-order valence-corrected chi connectivity index (χ0v) is 5.23. The minimum atomic E-state index is -0.636. The zero-order chi connectivity index (χ0) is 7.40. The summed E-state index contributed by atoms with van der Waals surface area (Å²) in [6.07, 6.45) is 2.92. The first-order chi connectivity index (χ1) is 4.84. The van der Waals surface area contributed by atoms with Gasteiger partial charge < -0.3 is 5.73 Å². The van der Waals surface area contributed by atoms with Crippen LogP contribution in [0.15, 0.2) is 18.6 Å². The Morgan fingerprint density at radius 3 is 3.00 bits per heavy atom. The van der Waals surface area contributed by atoms with Gasteiger partial charge in [-0.1, -0.05) is 0 Å². The summed E-state index contributed by atoms with van der Waals surface area (Å²) in [6.45, 7) is 0. The van der Waals surface area contributed by atoms with Crippen LogP contribution >= 0.6 is 0 Å². The quantitative estimate of drug-likeness (QED) is 0.586. The number of nitrogens with zero attached hydrogens (tertiary/aromatic N) is 3. The predicted octanol–water partition coefficient (Wildman–Crippen LogP) is -0.0000200. The normalized spacial score (nSPS) is 12.0. The van der Waals surface area contributed by atoms with Crippen LogP contribution in [0.3, 0.4) is 0 Å². The molecule has 1 rings (SSSR count). The van der Waals surface area contributed by atoms with Crippen LogP contribution in [0.2, 0.25) is 0 Å². The lowest BCUT2D eigenvalue weighted by molar-refractivity contribution is 0.863. The fourth-order valence-electron chi connectivity index (χ4n) is 0.551. The van der Waals surface area contributed by atoms with Gasteiger partial charge in [0.25, 0.3) is 0 Å². The minimum absolute atomic E-state index is 0.553. The highest BCUT2D eigenvalue weighted by Gasteiger charge is 2.02. The lowest BCUT2D eigenvalue weighted by atomic mass is 10.2. The number of rotatable bonds is 1. The van der Waals surface area contributed by atoms with E-state index >= 15 is 0 Å². The molecule has 1 atom stereocenters. The average Bonchev–Trinajstić information content (AvgIpc) is 2.05. The fraction of sp³-hybridized carbons (Fsp3) is 0.167. The molecule has 0 aliphatic carbocycles. The van der Waals surface area contributed by atoms with Crippen molar-refractivity contribution in [2.24, 2.45) is 5.73 Å². The lowest BCUT2D eigenvalue weighted by Gasteiger charge is -1.97. The van der Waals surface area contributed by atoms with Crippen LogP contribution in [0.4, 0.5) is 0 Å². The Morgan fingerprint density at radius 2 is 2.50 bits per heavy atom. The highest BCUT2D eigenvalue weighted by atomic mass is 14.8. The van der Waals surface area contributed by atoms with Crippen molar-refractivity contribution < 1.29 is 0 Å². The molecule has 0 fully saturated rings. The minimum Gasteiger partial charge on any atom is -0.311 e. The van der Waals surface area contributed by atoms with E-state index in [4.69, 9.17) is 11.0 Å². The first kappa shape index (κ1) is 6.65. The van der Waals surface area contributed by atoms with Gasteiger partial charge in [0.05, 0.1) is 11.8 Å². The maximum Gasteiger partial charge on any atom is 0.136 e. The number of hydrogen-bond donors (Lipinski definition) is 1. The smallest absolute Gasteiger partial charge is 0.136 e. The lowest BCUT2D eigenvalue weighted by Crippen LogP contribution is -2.08. The predicted molar refractivity (Wildman–Crippen MR) is 34.6 cm³/mol. The van der Waals surface area contributed by atoms with Crippen LogP contribution in [0.1, 0.15) is 11.7 Å². The van der Waals surface area contributed by atoms with Crippen molar-refractivity contribution in [3.63, 3.8) is 0 Å². The van der Waals surface area contributed by atoms with Crippen molar-refractivity contribution in [3.05, 3.63) is 24.3 Å². The summed E-state index contributed by atoms with van der Waals surface area (Å²) in [5.41, 5.74) is 5.90. The van der Waals surface area contributed by atoms with Gasteiger partial charge in [-0.25, -0.2) is 9.97 Å². The van der Waals surface area contributed by atoms with E-state index in [1.807, 2.05) is 6.07 Å². The highest BCUT2D eigenvalue weighted by Crippen LogP contribution is 2.01. The molecule has 0 saturated heterocycles. The molecule has 0 aliphatic heterocycles. The Labute approximate surface area is 58.3 Å². The first-order valence-electron chi connectivity index (χ1n) is 2.75. The van der Waals surface area contributed by atoms with E-state index in [0.29, 0.717) is 5.69 Å². The molecule has 1 heterocycles. The Hall–Kier alpha value is -1.47. The number of hydrogen-bond acceptors (Lipinski definition) is 4. The van der Waals surface area contributed by atoms with E-state index in [1.54, 1.807) is 12.3 Å². The second-order valence-corrected chi connectivity index (χ2v) is 1.74. The number of nitriles is 1. The average molecular weight is 134 g/mol. The summed E-state index contributed by atoms with van der Waals surface area (Å²) in [4.78, 5) is 7.48. The maximum absolute atomic E-state index is 8.35. The van der Waals surface area contributed by atoms with E-state index < -0.39 is 6.04 Å². The Kier molecular flexibility index (Phi) is 1.92. The van der Waals surface area contributed by atoms with Gasteiger partial charge in [0.2, 0.25) is 0 Å². The summed E-state index contributed by atoms with van der Waals surface area (Å²) in [7, 11) is 0. The molecule has 1 aromatic rings. The summed E-state index contributed by atoms with van der Waals surface area (Å²) in [5.74, 6) is 0. The molecule has 0 bridgehead atoms. The van der Waals surface area contributed by atoms with Crippen molar-refractivity contribution in [2.45, 2.75) is 6.04 Å². The zero-order valence-electron chi connectivity index (χ0n) is 5.23. The van der Waals surface area contributed by atoms with E-state index in [-0.39, 0.29) is 0 Å². The van der Waals surface area contributed by atoms with E-state index in [2.05, 4.69) is 9.97 Å². The van der Waals surface area contributed by atoms with Crippen molar-refractivity contribution in [2.75, 3.05) is 0 Å². The second kappa shape index (κ2) is 2.90. The summed E-state index contributed by atoms with van der Waals surface area (Å²) < 4.78 is 0. The summed E-state index contributed by atoms with van der Waals surface area (Å²) >= 11 is 0. The molecular formula is C6H6N4. The third kappa shape index (κ3) is 1.27. The van der Waals surface area contributed by atoms with Gasteiger partial charge in [0.1, 0.15) is 12.4 Å². The molecule has 0 radical (unpaired) electrons. The molecule has 0 aliphatic rings. The Morgan fingerprint density at radius 1 is 1.70 bits per heavy atom. The molecule has 1 aromatic heterocycles. The van der Waals surface area contributed by atoms with Crippen LogP contribution < -0.4 is 5.73 Å². The molecule has 10 heavy (non-hydrogen) atoms. The van der Waals surface area contributed by atoms with E-state index in [0.717, 1.165) is 0 Å². The largest absolute Gasteiger partial charge is 0.311 e. The first-order valence-corrected chi connectivity index (χ1v) is 2.75. The summed E-state index contributed by atoms with van der Waals surface area (Å²) in [6, 6.07) is 2.85. The molecule has 4 heteroatoms. The van der Waals surface area contributed by atoms with Gasteiger partial charge in [-0.05, 0) is 6.07 Å². The van der Waals surface area contributed by atoms with Crippen molar-refractivity contribution in [1.29, 1.82) is 5.26 Å². The van der Waals surface area contributed by atoms with Gasteiger partial charge in [-0.3, -0.25) is 0 Å². The number of nitrogens with two attached hydrogens (primary N) is 1. The van der Waals surface area contributed by atoms with E-state index in [1.165, 1.54) is 6.33 Å². The topological polar surface area (TPSA) is 75.6 Å². The van der Waals surface area contributed by atoms with Gasteiger partial charge in [-0.2, -0.15) is 5.26 Å². The third-order valence-electron chi connectivity index (χ3n) is 1.06. The van der Waals surface area contributed by atoms with Gasteiger partial charge >= 0.3 is 0 Å². The fourth-order valence-corrected chi connectivity index (χ4v) is 0.551. The van der Waals surface area contributed by atoms with Crippen LogP contribution in [0.5, 0.6) is 0 Å². The Bertz CT molecular complexity index is 238. The molecule has 2 N–H and O–H groups in total. The van der Waals surface area contributed by atoms with Crippen LogP contribution in [0, 0.1) is 11.3 Å². The van der Waals surface area contributed by atoms with E-state index in [9.17, 15) is 0 Å². The molecule has 1 unspecified atom stereocenters. The van der Waals surface area contributed by atoms with Crippen molar-refractivity contribution >= 4 is 0 Å². The SMILES string of the molecule is N#CC(N)c1ccncn1. The van der Waals surface area contributed by atoms with Crippen molar-refractivity contribution in [3.8, 4) is 6.07 Å². The molecule has 0 saturated carbocycles. The van der Waals surface area contributed by atoms with Crippen molar-refractivity contribution in [1.82, 2.24) is 9.97 Å². The molecule has 4 nitrogen and oxygen atoms in total.